The van der Waals surface area contributed by atoms with E-state index in [2.05, 4.69) is 20.3 Å². The van der Waals surface area contributed by atoms with Crippen LogP contribution in [-0.4, -0.2) is 71.2 Å². The smallest absolute Gasteiger partial charge is 0.298 e. The third-order valence-electron chi connectivity index (χ3n) is 5.85. The SMILES string of the molecule is Cn1ncc2cc(N3CCC(O)C3)c(-c3oc(N4CCNCC4)nc3C(N)=O)cc21. The van der Waals surface area contributed by atoms with Gasteiger partial charge in [-0.05, 0) is 18.6 Å². The number of aliphatic hydroxyl groups excluding tert-OH is 1. The van der Waals surface area contributed by atoms with Crippen molar-refractivity contribution in [2.75, 3.05) is 49.1 Å². The lowest BCUT2D eigenvalue weighted by Crippen LogP contribution is -2.43. The third-order valence-corrected chi connectivity index (χ3v) is 5.85. The van der Waals surface area contributed by atoms with Gasteiger partial charge < -0.3 is 30.4 Å². The van der Waals surface area contributed by atoms with E-state index in [1.165, 1.54) is 0 Å². The van der Waals surface area contributed by atoms with Crippen LogP contribution >= 0.6 is 0 Å². The van der Waals surface area contributed by atoms with E-state index in [9.17, 15) is 9.90 Å². The average molecular weight is 411 g/mol. The maximum Gasteiger partial charge on any atom is 0.298 e. The van der Waals surface area contributed by atoms with Gasteiger partial charge in [-0.2, -0.15) is 10.1 Å². The number of carbonyl (C=O) groups excluding carboxylic acids is 1. The van der Waals surface area contributed by atoms with Crippen LogP contribution in [0.5, 0.6) is 0 Å². The third kappa shape index (κ3) is 3.17. The molecule has 10 nitrogen and oxygen atoms in total. The quantitative estimate of drug-likeness (QED) is 0.560. The number of primary amides is 1. The van der Waals surface area contributed by atoms with Gasteiger partial charge in [0.2, 0.25) is 0 Å². The second kappa shape index (κ2) is 7.29. The lowest BCUT2D eigenvalue weighted by Gasteiger charge is -2.25. The van der Waals surface area contributed by atoms with E-state index in [-0.39, 0.29) is 11.8 Å². The number of carbonyl (C=O) groups is 1. The van der Waals surface area contributed by atoms with Crippen molar-refractivity contribution in [1.29, 1.82) is 0 Å². The molecule has 1 amide bonds. The second-order valence-electron chi connectivity index (χ2n) is 7.86. The van der Waals surface area contributed by atoms with Crippen LogP contribution in [0, 0.1) is 0 Å². The molecule has 0 saturated carbocycles. The first kappa shape index (κ1) is 18.9. The van der Waals surface area contributed by atoms with Crippen molar-refractivity contribution in [3.05, 3.63) is 24.0 Å². The Morgan fingerprint density at radius 3 is 2.77 bits per heavy atom. The van der Waals surface area contributed by atoms with Crippen molar-refractivity contribution < 1.29 is 14.3 Å². The van der Waals surface area contributed by atoms with Crippen molar-refractivity contribution in [3.8, 4) is 11.3 Å². The lowest BCUT2D eigenvalue weighted by atomic mass is 10.0. The Balaban J connectivity index is 1.68. The zero-order chi connectivity index (χ0) is 20.8. The molecule has 2 aliphatic rings. The first-order chi connectivity index (χ1) is 14.5. The molecule has 1 atom stereocenters. The van der Waals surface area contributed by atoms with Crippen LogP contribution in [0.4, 0.5) is 11.7 Å². The number of hydrogen-bond acceptors (Lipinski definition) is 8. The number of oxazole rings is 1. The second-order valence-corrected chi connectivity index (χ2v) is 7.86. The summed E-state index contributed by atoms with van der Waals surface area (Å²) >= 11 is 0. The Kier molecular flexibility index (Phi) is 4.59. The van der Waals surface area contributed by atoms with Gasteiger partial charge in [-0.3, -0.25) is 9.48 Å². The molecule has 2 saturated heterocycles. The van der Waals surface area contributed by atoms with E-state index in [1.807, 2.05) is 24.1 Å². The van der Waals surface area contributed by atoms with Crippen molar-refractivity contribution in [3.63, 3.8) is 0 Å². The summed E-state index contributed by atoms with van der Waals surface area (Å²) in [5.74, 6) is -0.275. The summed E-state index contributed by atoms with van der Waals surface area (Å²) in [6.07, 6.45) is 2.11. The van der Waals surface area contributed by atoms with Gasteiger partial charge in [-0.1, -0.05) is 0 Å². The minimum absolute atomic E-state index is 0.117. The van der Waals surface area contributed by atoms with Crippen LogP contribution in [0.25, 0.3) is 22.2 Å². The van der Waals surface area contributed by atoms with Gasteiger partial charge in [0, 0.05) is 63.0 Å². The first-order valence-electron chi connectivity index (χ1n) is 10.2. The van der Waals surface area contributed by atoms with E-state index in [0.29, 0.717) is 31.3 Å². The molecule has 2 aliphatic heterocycles. The highest BCUT2D eigenvalue weighted by molar-refractivity contribution is 6.01. The summed E-state index contributed by atoms with van der Waals surface area (Å²) in [7, 11) is 1.87. The molecule has 158 valence electrons. The molecule has 0 aliphatic carbocycles. The number of rotatable bonds is 4. The predicted molar refractivity (Wildman–Crippen MR) is 113 cm³/mol. The number of piperazine rings is 1. The number of hydrogen-bond donors (Lipinski definition) is 3. The van der Waals surface area contributed by atoms with Crippen molar-refractivity contribution in [1.82, 2.24) is 20.1 Å². The van der Waals surface area contributed by atoms with Crippen LogP contribution in [0.3, 0.4) is 0 Å². The Hall–Kier alpha value is -3.11. The van der Waals surface area contributed by atoms with Gasteiger partial charge in [0.1, 0.15) is 0 Å². The van der Waals surface area contributed by atoms with Crippen molar-refractivity contribution >= 4 is 28.5 Å². The van der Waals surface area contributed by atoms with Gasteiger partial charge in [-0.15, -0.1) is 0 Å². The summed E-state index contributed by atoms with van der Waals surface area (Å²) in [6, 6.07) is 4.38. The van der Waals surface area contributed by atoms with Gasteiger partial charge in [0.15, 0.2) is 11.5 Å². The van der Waals surface area contributed by atoms with Crippen LogP contribution in [0.15, 0.2) is 22.7 Å². The number of aliphatic hydroxyl groups is 1. The molecule has 5 rings (SSSR count). The summed E-state index contributed by atoms with van der Waals surface area (Å²) in [4.78, 5) is 20.8. The molecule has 4 N–H and O–H groups in total. The van der Waals surface area contributed by atoms with E-state index < -0.39 is 5.91 Å². The number of nitrogens with zero attached hydrogens (tertiary/aromatic N) is 5. The number of β-amino-alcohol motifs (C(OH)–C–C–N with tert-alkyl or cyclic N) is 1. The van der Waals surface area contributed by atoms with Crippen LogP contribution < -0.4 is 20.9 Å². The van der Waals surface area contributed by atoms with E-state index in [1.54, 1.807) is 10.9 Å². The highest BCUT2D eigenvalue weighted by Gasteiger charge is 2.29. The molecule has 0 radical (unpaired) electrons. The number of fused-ring (bicyclic) bond motifs is 1. The fourth-order valence-corrected chi connectivity index (χ4v) is 4.24. The Morgan fingerprint density at radius 1 is 1.27 bits per heavy atom. The lowest BCUT2D eigenvalue weighted by molar-refractivity contribution is 0.0996. The number of anilines is 2. The predicted octanol–water partition coefficient (Wildman–Crippen LogP) is 0.308. The topological polar surface area (TPSA) is 126 Å². The zero-order valence-corrected chi connectivity index (χ0v) is 16.8. The van der Waals surface area contributed by atoms with Crippen molar-refractivity contribution in [2.24, 2.45) is 12.8 Å². The fourth-order valence-electron chi connectivity index (χ4n) is 4.24. The first-order valence-corrected chi connectivity index (χ1v) is 10.2. The van der Waals surface area contributed by atoms with Crippen LogP contribution in [-0.2, 0) is 7.05 Å². The number of nitrogens with two attached hydrogens (primary N) is 1. The van der Waals surface area contributed by atoms with E-state index >= 15 is 0 Å². The number of benzene rings is 1. The molecule has 10 heteroatoms. The molecule has 2 fully saturated rings. The minimum Gasteiger partial charge on any atom is -0.422 e. The Labute approximate surface area is 173 Å². The maximum atomic E-state index is 12.3. The monoisotopic (exact) mass is 411 g/mol. The number of nitrogens with one attached hydrogen (secondary N) is 1. The van der Waals surface area contributed by atoms with Gasteiger partial charge in [0.05, 0.1) is 17.8 Å². The van der Waals surface area contributed by atoms with Crippen LogP contribution in [0.2, 0.25) is 0 Å². The maximum absolute atomic E-state index is 12.3. The molecule has 0 bridgehead atoms. The zero-order valence-electron chi connectivity index (χ0n) is 16.8. The Bertz CT molecular complexity index is 1100. The van der Waals surface area contributed by atoms with E-state index in [0.717, 1.165) is 48.3 Å². The molecular formula is C20H25N7O3. The normalized spacial score (nSPS) is 19.7. The number of aryl methyl sites for hydroxylation is 1. The van der Waals surface area contributed by atoms with Crippen molar-refractivity contribution in [2.45, 2.75) is 12.5 Å². The minimum atomic E-state index is -0.632. The summed E-state index contributed by atoms with van der Waals surface area (Å²) in [5, 5.41) is 18.7. The molecule has 3 aromatic rings. The van der Waals surface area contributed by atoms with Gasteiger partial charge in [-0.25, -0.2) is 0 Å². The Morgan fingerprint density at radius 2 is 2.07 bits per heavy atom. The largest absolute Gasteiger partial charge is 0.422 e. The molecule has 1 unspecified atom stereocenters. The van der Waals surface area contributed by atoms with Crippen LogP contribution in [0.1, 0.15) is 16.9 Å². The molecule has 2 aromatic heterocycles. The number of amides is 1. The summed E-state index contributed by atoms with van der Waals surface area (Å²) < 4.78 is 7.94. The van der Waals surface area contributed by atoms with Gasteiger partial charge in [0.25, 0.3) is 11.9 Å². The summed E-state index contributed by atoms with van der Waals surface area (Å²) in [6.45, 7) is 4.35. The molecule has 0 spiro atoms. The number of aromatic nitrogens is 3. The highest BCUT2D eigenvalue weighted by Crippen LogP contribution is 2.39. The molecular weight excluding hydrogens is 386 g/mol. The standard InChI is InChI=1S/C20H25N7O3/c1-25-15-9-14(16(8-12(15)10-23-25)27-5-2-13(28)11-27)18-17(19(21)29)24-20(30-18)26-6-3-22-4-7-26/h8-10,13,22,28H,2-7,11H2,1H3,(H2,21,29). The summed E-state index contributed by atoms with van der Waals surface area (Å²) in [5.41, 5.74) is 8.30. The molecule has 4 heterocycles. The fraction of sp³-hybridized carbons (Fsp3) is 0.450. The molecule has 1 aromatic carbocycles. The molecule has 30 heavy (non-hydrogen) atoms. The highest BCUT2D eigenvalue weighted by atomic mass is 16.4. The van der Waals surface area contributed by atoms with E-state index in [4.69, 9.17) is 10.2 Å². The van der Waals surface area contributed by atoms with Gasteiger partial charge >= 0.3 is 0 Å². The average Bonchev–Trinajstić information content (AvgIpc) is 3.46.